The van der Waals surface area contributed by atoms with Crippen LogP contribution in [0.1, 0.15) is 44.7 Å². The number of aryl methyl sites for hydroxylation is 2. The fraction of sp³-hybridized carbons (Fsp3) is 0.786. The van der Waals surface area contributed by atoms with Gasteiger partial charge in [-0.1, -0.05) is 19.8 Å². The normalized spacial score (nSPS) is 17.1. The minimum absolute atomic E-state index is 0.0487. The maximum absolute atomic E-state index is 11.3. The molecule has 0 amide bonds. The molecule has 1 saturated carbocycles. The van der Waals surface area contributed by atoms with E-state index in [0.717, 1.165) is 32.1 Å². The molecular formula is C14H24N4O3. The molecule has 21 heavy (non-hydrogen) atoms. The Morgan fingerprint density at radius 1 is 1.48 bits per heavy atom. The van der Waals surface area contributed by atoms with E-state index in [4.69, 9.17) is 0 Å². The number of likely N-dealkylation sites (N-methyl/N-ethyl adjacent to an activating group) is 1. The third kappa shape index (κ3) is 3.18. The van der Waals surface area contributed by atoms with Crippen LogP contribution in [0.4, 0.5) is 11.5 Å². The first-order valence-corrected chi connectivity index (χ1v) is 7.53. The molecule has 1 aliphatic carbocycles. The number of nitro groups is 1. The lowest BCUT2D eigenvalue weighted by atomic mass is 10.0. The summed E-state index contributed by atoms with van der Waals surface area (Å²) in [7, 11) is 1.80. The van der Waals surface area contributed by atoms with Crippen LogP contribution in [0.3, 0.4) is 0 Å². The van der Waals surface area contributed by atoms with E-state index in [-0.39, 0.29) is 10.6 Å². The second-order valence-corrected chi connectivity index (χ2v) is 6.03. The molecule has 0 saturated heterocycles. The molecule has 0 unspecified atom stereocenters. The molecule has 1 aromatic heterocycles. The van der Waals surface area contributed by atoms with Crippen LogP contribution in [0.25, 0.3) is 0 Å². The molecule has 2 rings (SSSR count). The zero-order valence-corrected chi connectivity index (χ0v) is 13.0. The van der Waals surface area contributed by atoms with Crippen molar-refractivity contribution in [1.29, 1.82) is 0 Å². The first kappa shape index (κ1) is 15.8. The van der Waals surface area contributed by atoms with Gasteiger partial charge >= 0.3 is 5.69 Å². The number of rotatable bonds is 6. The first-order valence-electron chi connectivity index (χ1n) is 7.53. The van der Waals surface area contributed by atoms with Crippen LogP contribution >= 0.6 is 0 Å². The van der Waals surface area contributed by atoms with Crippen molar-refractivity contribution in [2.45, 2.75) is 58.1 Å². The SMILES string of the molecule is CCCn1nc(C)c([N+](=O)[O-])c1N(C)CC1(O)CCCC1. The minimum atomic E-state index is -0.738. The summed E-state index contributed by atoms with van der Waals surface area (Å²) in [5.41, 5.74) is -0.265. The Bertz CT molecular complexity index is 521. The van der Waals surface area contributed by atoms with Crippen LogP contribution in [-0.4, -0.2) is 39.0 Å². The van der Waals surface area contributed by atoms with Crippen molar-refractivity contribution >= 4 is 11.5 Å². The zero-order chi connectivity index (χ0) is 15.6. The van der Waals surface area contributed by atoms with Crippen LogP contribution in [0.5, 0.6) is 0 Å². The van der Waals surface area contributed by atoms with Crippen molar-refractivity contribution in [2.75, 3.05) is 18.5 Å². The van der Waals surface area contributed by atoms with E-state index in [1.54, 1.807) is 23.6 Å². The van der Waals surface area contributed by atoms with Gasteiger partial charge in [0.15, 0.2) is 0 Å². The lowest BCUT2D eigenvalue weighted by molar-refractivity contribution is -0.384. The number of aliphatic hydroxyl groups is 1. The number of hydrogen-bond acceptors (Lipinski definition) is 5. The molecule has 7 heteroatoms. The Labute approximate surface area is 124 Å². The van der Waals surface area contributed by atoms with Gasteiger partial charge in [0.05, 0.1) is 10.5 Å². The Balaban J connectivity index is 2.33. The first-order chi connectivity index (χ1) is 9.88. The predicted molar refractivity (Wildman–Crippen MR) is 80.6 cm³/mol. The number of anilines is 1. The highest BCUT2D eigenvalue weighted by Crippen LogP contribution is 2.35. The second-order valence-electron chi connectivity index (χ2n) is 6.03. The van der Waals surface area contributed by atoms with Gasteiger partial charge in [0.2, 0.25) is 5.82 Å². The fourth-order valence-corrected chi connectivity index (χ4v) is 3.23. The zero-order valence-electron chi connectivity index (χ0n) is 13.0. The average Bonchev–Trinajstić information content (AvgIpc) is 2.93. The standard InChI is InChI=1S/C14H24N4O3/c1-4-9-17-13(12(18(20)21)11(2)15-17)16(3)10-14(19)7-5-6-8-14/h19H,4-10H2,1-3H3. The van der Waals surface area contributed by atoms with Gasteiger partial charge in [0, 0.05) is 20.1 Å². The fourth-order valence-electron chi connectivity index (χ4n) is 3.23. The predicted octanol–water partition coefficient (Wildman–Crippen LogP) is 2.25. The van der Waals surface area contributed by atoms with Crippen molar-refractivity contribution in [3.05, 3.63) is 15.8 Å². The highest BCUT2D eigenvalue weighted by Gasteiger charge is 2.36. The van der Waals surface area contributed by atoms with E-state index in [9.17, 15) is 15.2 Å². The smallest absolute Gasteiger partial charge is 0.333 e. The van der Waals surface area contributed by atoms with E-state index in [0.29, 0.717) is 24.6 Å². The maximum Gasteiger partial charge on any atom is 0.333 e. The Morgan fingerprint density at radius 3 is 2.62 bits per heavy atom. The topological polar surface area (TPSA) is 84.4 Å². The average molecular weight is 296 g/mol. The van der Waals surface area contributed by atoms with Crippen LogP contribution in [0.2, 0.25) is 0 Å². The molecule has 0 aliphatic heterocycles. The van der Waals surface area contributed by atoms with Gasteiger partial charge in [0.25, 0.3) is 0 Å². The molecule has 1 aliphatic rings. The van der Waals surface area contributed by atoms with Crippen molar-refractivity contribution in [3.63, 3.8) is 0 Å². The molecule has 7 nitrogen and oxygen atoms in total. The molecule has 0 spiro atoms. The summed E-state index contributed by atoms with van der Waals surface area (Å²) in [5, 5.41) is 26.2. The lowest BCUT2D eigenvalue weighted by Gasteiger charge is -2.29. The maximum atomic E-state index is 11.3. The monoisotopic (exact) mass is 296 g/mol. The van der Waals surface area contributed by atoms with E-state index in [2.05, 4.69) is 5.10 Å². The highest BCUT2D eigenvalue weighted by atomic mass is 16.6. The Morgan fingerprint density at radius 2 is 2.10 bits per heavy atom. The number of hydrogen-bond donors (Lipinski definition) is 1. The van der Waals surface area contributed by atoms with E-state index in [1.807, 2.05) is 6.92 Å². The molecule has 0 radical (unpaired) electrons. The summed E-state index contributed by atoms with van der Waals surface area (Å²) >= 11 is 0. The van der Waals surface area contributed by atoms with Gasteiger partial charge in [-0.25, -0.2) is 4.68 Å². The van der Waals surface area contributed by atoms with Gasteiger partial charge in [-0.3, -0.25) is 10.1 Å². The van der Waals surface area contributed by atoms with Crippen LogP contribution in [0, 0.1) is 17.0 Å². The van der Waals surface area contributed by atoms with Crippen molar-refractivity contribution in [1.82, 2.24) is 9.78 Å². The van der Waals surface area contributed by atoms with Crippen molar-refractivity contribution in [2.24, 2.45) is 0 Å². The molecule has 1 N–H and O–H groups in total. The van der Waals surface area contributed by atoms with E-state index < -0.39 is 5.60 Å². The second kappa shape index (κ2) is 6.01. The molecule has 1 heterocycles. The van der Waals surface area contributed by atoms with Crippen LogP contribution < -0.4 is 4.90 Å². The van der Waals surface area contributed by atoms with Crippen LogP contribution in [-0.2, 0) is 6.54 Å². The summed E-state index contributed by atoms with van der Waals surface area (Å²) < 4.78 is 1.69. The van der Waals surface area contributed by atoms with Gasteiger partial charge in [-0.2, -0.15) is 5.10 Å². The molecular weight excluding hydrogens is 272 g/mol. The van der Waals surface area contributed by atoms with Crippen molar-refractivity contribution in [3.8, 4) is 0 Å². The molecule has 1 aromatic rings. The van der Waals surface area contributed by atoms with Crippen LogP contribution in [0.15, 0.2) is 0 Å². The summed E-state index contributed by atoms with van der Waals surface area (Å²) in [6.45, 7) is 4.71. The molecule has 118 valence electrons. The van der Waals surface area contributed by atoms with Crippen molar-refractivity contribution < 1.29 is 10.0 Å². The third-order valence-electron chi connectivity index (χ3n) is 4.12. The number of nitrogens with zero attached hydrogens (tertiary/aromatic N) is 4. The Kier molecular flexibility index (Phi) is 4.51. The number of aromatic nitrogens is 2. The Hall–Kier alpha value is -1.63. The molecule has 0 bridgehead atoms. The third-order valence-corrected chi connectivity index (χ3v) is 4.12. The summed E-state index contributed by atoms with van der Waals surface area (Å²) in [4.78, 5) is 12.8. The van der Waals surface area contributed by atoms with Gasteiger partial charge in [-0.15, -0.1) is 0 Å². The lowest BCUT2D eigenvalue weighted by Crippen LogP contribution is -2.40. The minimum Gasteiger partial charge on any atom is -0.388 e. The summed E-state index contributed by atoms with van der Waals surface area (Å²) in [5.74, 6) is 0.500. The molecule has 1 fully saturated rings. The van der Waals surface area contributed by atoms with E-state index in [1.165, 1.54) is 0 Å². The largest absolute Gasteiger partial charge is 0.388 e. The summed E-state index contributed by atoms with van der Waals surface area (Å²) in [6, 6.07) is 0. The molecule has 0 aromatic carbocycles. The van der Waals surface area contributed by atoms with E-state index >= 15 is 0 Å². The summed E-state index contributed by atoms with van der Waals surface area (Å²) in [6.07, 6.45) is 4.39. The van der Waals surface area contributed by atoms with Gasteiger partial charge in [-0.05, 0) is 26.2 Å². The van der Waals surface area contributed by atoms with Gasteiger partial charge in [0.1, 0.15) is 5.69 Å². The van der Waals surface area contributed by atoms with Gasteiger partial charge < -0.3 is 10.0 Å². The molecule has 0 atom stereocenters. The quantitative estimate of drug-likeness (QED) is 0.643. The highest BCUT2D eigenvalue weighted by molar-refractivity contribution is 5.61.